The molecule has 0 aliphatic heterocycles. The minimum Gasteiger partial charge on any atom is -0.296 e. The van der Waals surface area contributed by atoms with Crippen LogP contribution in [0.1, 0.15) is 28.7 Å². The predicted molar refractivity (Wildman–Crippen MR) is 81.4 cm³/mol. The van der Waals surface area contributed by atoms with Gasteiger partial charge in [0.15, 0.2) is 9.84 Å². The monoisotopic (exact) mass is 325 g/mol. The number of aryl methyl sites for hydroxylation is 1. The molecule has 2 rings (SSSR count). The summed E-state index contributed by atoms with van der Waals surface area (Å²) in [4.78, 5) is 12.2. The maximum atomic E-state index is 12.2. The van der Waals surface area contributed by atoms with E-state index in [2.05, 4.69) is 15.5 Å². The second-order valence-electron chi connectivity index (χ2n) is 4.47. The van der Waals surface area contributed by atoms with Gasteiger partial charge >= 0.3 is 0 Å². The third-order valence-electron chi connectivity index (χ3n) is 2.68. The van der Waals surface area contributed by atoms with E-state index in [4.69, 9.17) is 0 Å². The maximum absolute atomic E-state index is 12.2. The lowest BCUT2D eigenvalue weighted by Crippen LogP contribution is -2.15. The third-order valence-corrected chi connectivity index (χ3v) is 4.74. The summed E-state index contributed by atoms with van der Waals surface area (Å²) in [7, 11) is -3.47. The van der Waals surface area contributed by atoms with Crippen LogP contribution in [0.15, 0.2) is 29.2 Å². The molecule has 0 saturated carbocycles. The van der Waals surface area contributed by atoms with Crippen LogP contribution < -0.4 is 5.32 Å². The molecule has 0 saturated heterocycles. The van der Waals surface area contributed by atoms with Gasteiger partial charge in [0.05, 0.1) is 10.5 Å². The van der Waals surface area contributed by atoms with Crippen molar-refractivity contribution in [1.29, 1.82) is 0 Å². The van der Waals surface area contributed by atoms with Gasteiger partial charge in [-0.05, 0) is 18.6 Å². The zero-order valence-corrected chi connectivity index (χ0v) is 13.3. The number of nitrogens with one attached hydrogen (secondary N) is 1. The molecule has 0 spiro atoms. The molecule has 8 heteroatoms. The molecule has 1 aromatic carbocycles. The van der Waals surface area contributed by atoms with E-state index in [1.54, 1.807) is 12.1 Å². The minimum atomic E-state index is -3.47. The fraction of sp³-hybridized carbons (Fsp3) is 0.308. The number of aromatic nitrogens is 2. The van der Waals surface area contributed by atoms with Crippen LogP contribution in [0, 0.1) is 0 Å². The fourth-order valence-corrected chi connectivity index (χ4v) is 3.48. The Bertz CT molecular complexity index is 754. The van der Waals surface area contributed by atoms with Crippen LogP contribution in [-0.2, 0) is 16.3 Å². The highest BCUT2D eigenvalue weighted by atomic mass is 32.2. The maximum Gasteiger partial charge on any atom is 0.258 e. The Morgan fingerprint density at radius 1 is 1.29 bits per heavy atom. The number of nitrogens with zero attached hydrogens (tertiary/aromatic N) is 2. The number of rotatable bonds is 5. The summed E-state index contributed by atoms with van der Waals surface area (Å²) in [6.45, 7) is 2.03. The molecule has 21 heavy (non-hydrogen) atoms. The topological polar surface area (TPSA) is 89.0 Å². The van der Waals surface area contributed by atoms with Crippen LogP contribution in [0.25, 0.3) is 0 Å². The summed E-state index contributed by atoms with van der Waals surface area (Å²) in [6, 6.07) is 6.08. The van der Waals surface area contributed by atoms with Crippen LogP contribution in [0.5, 0.6) is 0 Å². The number of benzene rings is 1. The number of carbonyl (C=O) groups excluding carboxylic acids is 1. The lowest BCUT2D eigenvalue weighted by molar-refractivity contribution is 0.102. The molecule has 1 amide bonds. The molecule has 0 unspecified atom stereocenters. The molecule has 0 aliphatic rings. The molecule has 1 aromatic heterocycles. The molecule has 1 heterocycles. The summed E-state index contributed by atoms with van der Waals surface area (Å²) in [5, 5.41) is 11.6. The number of sulfone groups is 1. The van der Waals surface area contributed by atoms with Crippen molar-refractivity contribution in [3.8, 4) is 0 Å². The Morgan fingerprint density at radius 2 is 2.00 bits per heavy atom. The van der Waals surface area contributed by atoms with Gasteiger partial charge < -0.3 is 0 Å². The summed E-state index contributed by atoms with van der Waals surface area (Å²) in [6.07, 6.45) is 2.82. The summed E-state index contributed by atoms with van der Waals surface area (Å²) >= 11 is 1.29. The Morgan fingerprint density at radius 3 is 2.67 bits per heavy atom. The van der Waals surface area contributed by atoms with Gasteiger partial charge in [-0.25, -0.2) is 8.42 Å². The zero-order chi connectivity index (χ0) is 15.5. The SMILES string of the molecule is CCCc1nnc(NC(=O)c2ccccc2S(C)(=O)=O)s1. The van der Waals surface area contributed by atoms with Crippen molar-refractivity contribution >= 4 is 32.2 Å². The van der Waals surface area contributed by atoms with Crippen molar-refractivity contribution in [2.45, 2.75) is 24.7 Å². The first-order valence-corrected chi connectivity index (χ1v) is 9.05. The first-order valence-electron chi connectivity index (χ1n) is 6.34. The van der Waals surface area contributed by atoms with Crippen molar-refractivity contribution in [1.82, 2.24) is 10.2 Å². The van der Waals surface area contributed by atoms with E-state index in [0.717, 1.165) is 24.1 Å². The van der Waals surface area contributed by atoms with Crippen LogP contribution in [0.3, 0.4) is 0 Å². The highest BCUT2D eigenvalue weighted by Gasteiger charge is 2.19. The van der Waals surface area contributed by atoms with Gasteiger partial charge in [-0.1, -0.05) is 30.4 Å². The van der Waals surface area contributed by atoms with Crippen molar-refractivity contribution in [2.75, 3.05) is 11.6 Å². The normalized spacial score (nSPS) is 11.3. The predicted octanol–water partition coefficient (Wildman–Crippen LogP) is 2.15. The quantitative estimate of drug-likeness (QED) is 0.910. The van der Waals surface area contributed by atoms with Gasteiger partial charge in [-0.15, -0.1) is 10.2 Å². The van der Waals surface area contributed by atoms with E-state index in [9.17, 15) is 13.2 Å². The highest BCUT2D eigenvalue weighted by Crippen LogP contribution is 2.20. The molecular weight excluding hydrogens is 310 g/mol. The Kier molecular flexibility index (Phi) is 4.69. The molecular formula is C13H15N3O3S2. The molecule has 0 radical (unpaired) electrons. The molecule has 0 fully saturated rings. The van der Waals surface area contributed by atoms with Gasteiger partial charge in [0.1, 0.15) is 5.01 Å². The number of carbonyl (C=O) groups is 1. The fourth-order valence-electron chi connectivity index (χ4n) is 1.76. The number of hydrogen-bond acceptors (Lipinski definition) is 6. The van der Waals surface area contributed by atoms with Gasteiger partial charge in [0, 0.05) is 12.7 Å². The van der Waals surface area contributed by atoms with E-state index < -0.39 is 15.7 Å². The Hall–Kier alpha value is -1.80. The standard InChI is InChI=1S/C13H15N3O3S2/c1-3-6-11-15-16-13(20-11)14-12(17)9-7-4-5-8-10(9)21(2,18)19/h4-5,7-8H,3,6H2,1-2H3,(H,14,16,17). The average molecular weight is 325 g/mol. The largest absolute Gasteiger partial charge is 0.296 e. The molecule has 112 valence electrons. The van der Waals surface area contributed by atoms with E-state index in [0.29, 0.717) is 5.13 Å². The molecule has 0 atom stereocenters. The summed E-state index contributed by atoms with van der Waals surface area (Å²) in [5.41, 5.74) is 0.104. The van der Waals surface area contributed by atoms with E-state index in [1.165, 1.54) is 23.5 Å². The third kappa shape index (κ3) is 3.85. The van der Waals surface area contributed by atoms with Gasteiger partial charge in [-0.2, -0.15) is 0 Å². The van der Waals surface area contributed by atoms with Gasteiger partial charge in [0.25, 0.3) is 5.91 Å². The van der Waals surface area contributed by atoms with Crippen LogP contribution in [0.4, 0.5) is 5.13 Å². The number of hydrogen-bond donors (Lipinski definition) is 1. The molecule has 0 bridgehead atoms. The van der Waals surface area contributed by atoms with Crippen molar-refractivity contribution in [3.05, 3.63) is 34.8 Å². The molecule has 2 aromatic rings. The van der Waals surface area contributed by atoms with E-state index in [1.807, 2.05) is 6.92 Å². The van der Waals surface area contributed by atoms with Crippen LogP contribution in [0.2, 0.25) is 0 Å². The molecule has 6 nitrogen and oxygen atoms in total. The van der Waals surface area contributed by atoms with Crippen molar-refractivity contribution in [3.63, 3.8) is 0 Å². The second-order valence-corrected chi connectivity index (χ2v) is 7.52. The van der Waals surface area contributed by atoms with Crippen molar-refractivity contribution in [2.24, 2.45) is 0 Å². The van der Waals surface area contributed by atoms with Gasteiger partial charge in [0.2, 0.25) is 5.13 Å². The van der Waals surface area contributed by atoms with Gasteiger partial charge in [-0.3, -0.25) is 10.1 Å². The van der Waals surface area contributed by atoms with Crippen LogP contribution >= 0.6 is 11.3 Å². The average Bonchev–Trinajstić information content (AvgIpc) is 2.85. The zero-order valence-electron chi connectivity index (χ0n) is 11.7. The summed E-state index contributed by atoms with van der Waals surface area (Å²) < 4.78 is 23.4. The Labute approximate surface area is 127 Å². The molecule has 1 N–H and O–H groups in total. The highest BCUT2D eigenvalue weighted by molar-refractivity contribution is 7.90. The lowest BCUT2D eigenvalue weighted by Gasteiger charge is -2.06. The van der Waals surface area contributed by atoms with Crippen molar-refractivity contribution < 1.29 is 13.2 Å². The first-order chi connectivity index (χ1) is 9.91. The Balaban J connectivity index is 2.24. The second kappa shape index (κ2) is 6.31. The summed E-state index contributed by atoms with van der Waals surface area (Å²) in [5.74, 6) is -0.504. The smallest absolute Gasteiger partial charge is 0.258 e. The molecule has 0 aliphatic carbocycles. The lowest BCUT2D eigenvalue weighted by atomic mass is 10.2. The van der Waals surface area contributed by atoms with E-state index >= 15 is 0 Å². The van der Waals surface area contributed by atoms with E-state index in [-0.39, 0.29) is 10.5 Å². The minimum absolute atomic E-state index is 0.000738. The first kappa shape index (κ1) is 15.6. The van der Waals surface area contributed by atoms with Crippen LogP contribution in [-0.4, -0.2) is 30.8 Å². The number of amides is 1. The number of anilines is 1.